The van der Waals surface area contributed by atoms with E-state index in [2.05, 4.69) is 4.98 Å². The minimum atomic E-state index is -3.73. The molecule has 1 N–H and O–H groups in total. The second kappa shape index (κ2) is 7.49. The number of nitrogens with zero attached hydrogens (tertiary/aromatic N) is 2. The van der Waals surface area contributed by atoms with Crippen LogP contribution < -0.4 is 0 Å². The summed E-state index contributed by atoms with van der Waals surface area (Å²) in [6.07, 6.45) is 0. The quantitative estimate of drug-likeness (QED) is 0.679. The monoisotopic (exact) mass is 432 g/mol. The Morgan fingerprint density at radius 3 is 2.52 bits per heavy atom. The third kappa shape index (κ3) is 3.66. The first-order chi connectivity index (χ1) is 13.8. The van der Waals surface area contributed by atoms with Crippen LogP contribution >= 0.6 is 11.3 Å². The van der Waals surface area contributed by atoms with Gasteiger partial charge in [-0.3, -0.25) is 0 Å². The van der Waals surface area contributed by atoms with Gasteiger partial charge in [0.2, 0.25) is 10.0 Å². The zero-order chi connectivity index (χ0) is 20.8. The summed E-state index contributed by atoms with van der Waals surface area (Å²) in [6.45, 7) is 5.20. The van der Waals surface area contributed by atoms with Crippen LogP contribution in [-0.2, 0) is 14.8 Å². The van der Waals surface area contributed by atoms with Gasteiger partial charge in [-0.05, 0) is 44.2 Å². The van der Waals surface area contributed by atoms with Crippen molar-refractivity contribution in [3.8, 4) is 11.3 Å². The zero-order valence-electron chi connectivity index (χ0n) is 16.0. The van der Waals surface area contributed by atoms with Crippen molar-refractivity contribution in [1.29, 1.82) is 0 Å². The fraction of sp³-hybridized carbons (Fsp3) is 0.300. The molecule has 29 heavy (non-hydrogen) atoms. The highest BCUT2D eigenvalue weighted by atomic mass is 32.2. The standard InChI is InChI=1S/C20H20N2O5S2/c1-12-9-15(13(2)28-12)19-11-17(20(23)24)16-10-14(3-4-18(16)21-19)29(25,26)22-5-7-27-8-6-22/h3-4,9-11H,5-8H2,1-2H3,(H,23,24). The maximum atomic E-state index is 13.0. The molecule has 1 saturated heterocycles. The lowest BCUT2D eigenvalue weighted by Gasteiger charge is -2.26. The predicted octanol–water partition coefficient (Wildman–Crippen LogP) is 3.30. The number of fused-ring (bicyclic) bond motifs is 1. The molecule has 1 fully saturated rings. The van der Waals surface area contributed by atoms with Crippen LogP contribution in [0.4, 0.5) is 0 Å². The third-order valence-electron chi connectivity index (χ3n) is 4.94. The second-order valence-electron chi connectivity index (χ2n) is 6.88. The molecule has 7 nitrogen and oxygen atoms in total. The maximum absolute atomic E-state index is 13.0. The number of rotatable bonds is 4. The number of pyridine rings is 1. The lowest BCUT2D eigenvalue weighted by atomic mass is 10.0. The Hall–Kier alpha value is -2.33. The number of carboxylic acid groups (broad SMARTS) is 1. The summed E-state index contributed by atoms with van der Waals surface area (Å²) < 4.78 is 32.5. The second-order valence-corrected chi connectivity index (χ2v) is 10.3. The van der Waals surface area contributed by atoms with Crippen molar-refractivity contribution in [2.24, 2.45) is 0 Å². The van der Waals surface area contributed by atoms with Crippen LogP contribution in [0.3, 0.4) is 0 Å². The number of aryl methyl sites for hydroxylation is 2. The molecule has 0 bridgehead atoms. The Kier molecular flexibility index (Phi) is 5.16. The lowest BCUT2D eigenvalue weighted by Crippen LogP contribution is -2.40. The molecule has 152 valence electrons. The molecule has 0 atom stereocenters. The van der Waals surface area contributed by atoms with Crippen LogP contribution in [0.25, 0.3) is 22.2 Å². The van der Waals surface area contributed by atoms with Gasteiger partial charge in [0.05, 0.1) is 34.9 Å². The van der Waals surface area contributed by atoms with E-state index < -0.39 is 16.0 Å². The van der Waals surface area contributed by atoms with Crippen LogP contribution in [0, 0.1) is 13.8 Å². The summed E-state index contributed by atoms with van der Waals surface area (Å²) in [5.41, 5.74) is 1.94. The molecular formula is C20H20N2O5S2. The molecule has 2 aromatic heterocycles. The maximum Gasteiger partial charge on any atom is 0.336 e. The predicted molar refractivity (Wildman–Crippen MR) is 111 cm³/mol. The normalized spacial score (nSPS) is 15.7. The van der Waals surface area contributed by atoms with Gasteiger partial charge in [0, 0.05) is 33.8 Å². The number of benzene rings is 1. The summed E-state index contributed by atoms with van der Waals surface area (Å²) in [5.74, 6) is -1.12. The third-order valence-corrected chi connectivity index (χ3v) is 7.80. The Labute approximate surface area is 172 Å². The van der Waals surface area contributed by atoms with E-state index in [0.29, 0.717) is 29.8 Å². The summed E-state index contributed by atoms with van der Waals surface area (Å²) in [7, 11) is -3.73. The highest BCUT2D eigenvalue weighted by Gasteiger charge is 2.27. The van der Waals surface area contributed by atoms with Gasteiger partial charge in [0.25, 0.3) is 0 Å². The molecule has 1 aliphatic rings. The van der Waals surface area contributed by atoms with Gasteiger partial charge in [-0.15, -0.1) is 11.3 Å². The number of morpholine rings is 1. The number of thiophene rings is 1. The molecule has 3 heterocycles. The smallest absolute Gasteiger partial charge is 0.336 e. The molecule has 0 spiro atoms. The molecule has 1 aromatic carbocycles. The number of carboxylic acids is 1. The van der Waals surface area contributed by atoms with Crippen molar-refractivity contribution < 1.29 is 23.1 Å². The Morgan fingerprint density at radius 2 is 1.90 bits per heavy atom. The molecule has 0 saturated carbocycles. The number of aromatic carboxylic acids is 1. The first-order valence-corrected chi connectivity index (χ1v) is 11.4. The minimum absolute atomic E-state index is 0.0345. The van der Waals surface area contributed by atoms with Crippen molar-refractivity contribution >= 4 is 38.2 Å². The molecule has 0 unspecified atom stereocenters. The Morgan fingerprint density at radius 1 is 1.17 bits per heavy atom. The fourth-order valence-corrected chi connectivity index (χ4v) is 5.87. The summed E-state index contributed by atoms with van der Waals surface area (Å²) in [4.78, 5) is 18.8. The summed E-state index contributed by atoms with van der Waals surface area (Å²) in [6, 6.07) is 7.97. The van der Waals surface area contributed by atoms with E-state index in [4.69, 9.17) is 4.74 Å². The largest absolute Gasteiger partial charge is 0.478 e. The number of carbonyl (C=O) groups is 1. The topological polar surface area (TPSA) is 96.8 Å². The number of hydrogen-bond acceptors (Lipinski definition) is 6. The SMILES string of the molecule is Cc1cc(-c2cc(C(=O)O)c3cc(S(=O)(=O)N4CCOCC4)ccc3n2)c(C)s1. The van der Waals surface area contributed by atoms with Crippen molar-refractivity contribution in [3.05, 3.63) is 45.6 Å². The van der Waals surface area contributed by atoms with Crippen LogP contribution in [0.2, 0.25) is 0 Å². The van der Waals surface area contributed by atoms with Crippen LogP contribution in [0.1, 0.15) is 20.1 Å². The van der Waals surface area contributed by atoms with Crippen molar-refractivity contribution in [2.75, 3.05) is 26.3 Å². The number of sulfonamides is 1. The van der Waals surface area contributed by atoms with Gasteiger partial charge < -0.3 is 9.84 Å². The Balaban J connectivity index is 1.87. The zero-order valence-corrected chi connectivity index (χ0v) is 17.6. The molecule has 1 aliphatic heterocycles. The van der Waals surface area contributed by atoms with Gasteiger partial charge in [-0.2, -0.15) is 4.31 Å². The van der Waals surface area contributed by atoms with Crippen molar-refractivity contribution in [2.45, 2.75) is 18.7 Å². The van der Waals surface area contributed by atoms with Crippen LogP contribution in [0.15, 0.2) is 35.2 Å². The first kappa shape index (κ1) is 20.0. The average molecular weight is 433 g/mol. The van der Waals surface area contributed by atoms with Gasteiger partial charge in [0.1, 0.15) is 0 Å². The van der Waals surface area contributed by atoms with Crippen LogP contribution in [0.5, 0.6) is 0 Å². The first-order valence-electron chi connectivity index (χ1n) is 9.11. The van der Waals surface area contributed by atoms with E-state index in [9.17, 15) is 18.3 Å². The summed E-state index contributed by atoms with van der Waals surface area (Å²) >= 11 is 1.62. The number of aromatic nitrogens is 1. The Bertz CT molecular complexity index is 1210. The number of hydrogen-bond donors (Lipinski definition) is 1. The minimum Gasteiger partial charge on any atom is -0.478 e. The van der Waals surface area contributed by atoms with Gasteiger partial charge in [0.15, 0.2) is 0 Å². The lowest BCUT2D eigenvalue weighted by molar-refractivity contribution is 0.0699. The highest BCUT2D eigenvalue weighted by molar-refractivity contribution is 7.89. The van der Waals surface area contributed by atoms with E-state index in [1.807, 2.05) is 19.9 Å². The van der Waals surface area contributed by atoms with Crippen molar-refractivity contribution in [1.82, 2.24) is 9.29 Å². The van der Waals surface area contributed by atoms with E-state index >= 15 is 0 Å². The van der Waals surface area contributed by atoms with E-state index in [0.717, 1.165) is 15.3 Å². The summed E-state index contributed by atoms with van der Waals surface area (Å²) in [5, 5.41) is 10.1. The van der Waals surface area contributed by atoms with E-state index in [-0.39, 0.29) is 23.5 Å². The van der Waals surface area contributed by atoms with Gasteiger partial charge in [-0.1, -0.05) is 0 Å². The van der Waals surface area contributed by atoms with Gasteiger partial charge >= 0.3 is 5.97 Å². The molecule has 4 rings (SSSR count). The average Bonchev–Trinajstić information content (AvgIpc) is 3.05. The van der Waals surface area contributed by atoms with Crippen molar-refractivity contribution in [3.63, 3.8) is 0 Å². The molecule has 0 radical (unpaired) electrons. The van der Waals surface area contributed by atoms with E-state index in [1.54, 1.807) is 17.4 Å². The highest BCUT2D eigenvalue weighted by Crippen LogP contribution is 2.33. The number of ether oxygens (including phenoxy) is 1. The molecule has 9 heteroatoms. The van der Waals surface area contributed by atoms with Gasteiger partial charge in [-0.25, -0.2) is 18.2 Å². The molecular weight excluding hydrogens is 412 g/mol. The molecule has 0 amide bonds. The van der Waals surface area contributed by atoms with Crippen LogP contribution in [-0.4, -0.2) is 55.1 Å². The fourth-order valence-electron chi connectivity index (χ4n) is 3.50. The van der Waals surface area contributed by atoms with E-state index in [1.165, 1.54) is 22.5 Å². The molecule has 0 aliphatic carbocycles. The molecule has 3 aromatic rings.